The molecule has 0 spiro atoms. The molecule has 3 aromatic rings. The molecule has 12 heteroatoms. The lowest BCUT2D eigenvalue weighted by atomic mass is 10.1. The smallest absolute Gasteiger partial charge is 0.306 e. The first-order valence-electron chi connectivity index (χ1n) is 9.77. The number of aromatic nitrogens is 3. The summed E-state index contributed by atoms with van der Waals surface area (Å²) in [6.45, 7) is 2.04. The molecule has 0 fully saturated rings. The first kappa shape index (κ1) is 23.1. The third-order valence-electron chi connectivity index (χ3n) is 5.03. The lowest BCUT2D eigenvalue weighted by molar-refractivity contribution is -0.141. The van der Waals surface area contributed by atoms with Crippen LogP contribution in [-0.2, 0) is 18.8 Å². The molecule has 5 nitrogen and oxygen atoms in total. The SMILES string of the molecule is CCSc1cc(-n2ccc(C(F)(F)F)n2)cnc1C(=O)N1CCc2cc(C(F)(F)F)ccc21. The van der Waals surface area contributed by atoms with Crippen LogP contribution in [0.5, 0.6) is 0 Å². The maximum Gasteiger partial charge on any atom is 0.435 e. The first-order valence-corrected chi connectivity index (χ1v) is 10.8. The van der Waals surface area contributed by atoms with E-state index >= 15 is 0 Å². The number of thioether (sulfide) groups is 1. The number of halogens is 6. The van der Waals surface area contributed by atoms with Crippen molar-refractivity contribution in [2.75, 3.05) is 17.2 Å². The van der Waals surface area contributed by atoms with E-state index in [0.29, 0.717) is 21.9 Å². The summed E-state index contributed by atoms with van der Waals surface area (Å²) in [5, 5.41) is 3.52. The van der Waals surface area contributed by atoms with Crippen molar-refractivity contribution in [2.24, 2.45) is 0 Å². The third-order valence-corrected chi connectivity index (χ3v) is 5.94. The number of carbonyl (C=O) groups excluding carboxylic acids is 1. The van der Waals surface area contributed by atoms with Crippen LogP contribution in [0.2, 0.25) is 0 Å². The number of fused-ring (bicyclic) bond motifs is 1. The molecule has 0 bridgehead atoms. The van der Waals surface area contributed by atoms with Gasteiger partial charge in [0.1, 0.15) is 5.69 Å². The molecule has 174 valence electrons. The molecule has 1 amide bonds. The van der Waals surface area contributed by atoms with E-state index < -0.39 is 29.5 Å². The van der Waals surface area contributed by atoms with E-state index in [0.717, 1.165) is 29.1 Å². The highest BCUT2D eigenvalue weighted by molar-refractivity contribution is 7.99. The molecule has 1 aliphatic rings. The molecule has 0 saturated carbocycles. The monoisotopic (exact) mass is 486 g/mol. The quantitative estimate of drug-likeness (QED) is 0.355. The zero-order chi connectivity index (χ0) is 24.0. The molecule has 2 aromatic heterocycles. The predicted octanol–water partition coefficient (Wildman–Crippen LogP) is 5.62. The Bertz CT molecular complexity index is 1200. The molecule has 1 aromatic carbocycles. The number of anilines is 1. The molecule has 0 saturated heterocycles. The summed E-state index contributed by atoms with van der Waals surface area (Å²) in [7, 11) is 0. The van der Waals surface area contributed by atoms with Crippen LogP contribution < -0.4 is 4.90 Å². The van der Waals surface area contributed by atoms with Crippen LogP contribution in [0.4, 0.5) is 32.0 Å². The number of rotatable bonds is 4. The molecule has 0 N–H and O–H groups in total. The van der Waals surface area contributed by atoms with E-state index in [4.69, 9.17) is 0 Å². The highest BCUT2D eigenvalue weighted by atomic mass is 32.2. The lowest BCUT2D eigenvalue weighted by Gasteiger charge is -2.19. The topological polar surface area (TPSA) is 51.0 Å². The van der Waals surface area contributed by atoms with Gasteiger partial charge in [0.2, 0.25) is 0 Å². The second-order valence-corrected chi connectivity index (χ2v) is 8.47. The van der Waals surface area contributed by atoms with Gasteiger partial charge < -0.3 is 4.90 Å². The van der Waals surface area contributed by atoms with E-state index in [1.165, 1.54) is 35.0 Å². The van der Waals surface area contributed by atoms with Gasteiger partial charge in [0, 0.05) is 23.3 Å². The molecular weight excluding hydrogens is 470 g/mol. The van der Waals surface area contributed by atoms with E-state index in [1.54, 1.807) is 0 Å². The van der Waals surface area contributed by atoms with Crippen LogP contribution in [0.15, 0.2) is 47.6 Å². The van der Waals surface area contributed by atoms with Gasteiger partial charge in [-0.3, -0.25) is 4.79 Å². The van der Waals surface area contributed by atoms with E-state index in [1.807, 2.05) is 6.92 Å². The van der Waals surface area contributed by atoms with Crippen molar-refractivity contribution >= 4 is 23.4 Å². The summed E-state index contributed by atoms with van der Waals surface area (Å²) >= 11 is 1.28. The Morgan fingerprint density at radius 3 is 2.48 bits per heavy atom. The summed E-state index contributed by atoms with van der Waals surface area (Å²) in [5.74, 6) is 0.0663. The zero-order valence-electron chi connectivity index (χ0n) is 17.0. The molecule has 0 atom stereocenters. The molecule has 0 unspecified atom stereocenters. The number of nitrogens with zero attached hydrogens (tertiary/aromatic N) is 4. The van der Waals surface area contributed by atoms with Crippen molar-refractivity contribution in [3.05, 3.63) is 65.2 Å². The van der Waals surface area contributed by atoms with Crippen molar-refractivity contribution in [1.29, 1.82) is 0 Å². The van der Waals surface area contributed by atoms with Gasteiger partial charge in [0.25, 0.3) is 5.91 Å². The van der Waals surface area contributed by atoms with Crippen molar-refractivity contribution in [1.82, 2.24) is 14.8 Å². The van der Waals surface area contributed by atoms with E-state index in [2.05, 4.69) is 10.1 Å². The number of hydrogen-bond acceptors (Lipinski definition) is 4. The van der Waals surface area contributed by atoms with Crippen molar-refractivity contribution in [3.63, 3.8) is 0 Å². The second kappa shape index (κ2) is 8.40. The molecule has 3 heterocycles. The highest BCUT2D eigenvalue weighted by Gasteiger charge is 2.35. The second-order valence-electron chi connectivity index (χ2n) is 7.16. The van der Waals surface area contributed by atoms with Crippen LogP contribution >= 0.6 is 11.8 Å². The van der Waals surface area contributed by atoms with Crippen LogP contribution in [0.1, 0.15) is 34.2 Å². The number of carbonyl (C=O) groups is 1. The van der Waals surface area contributed by atoms with E-state index in [-0.39, 0.29) is 24.3 Å². The Kier molecular flexibility index (Phi) is 5.89. The van der Waals surface area contributed by atoms with Gasteiger partial charge in [0.05, 0.1) is 17.4 Å². The molecule has 0 radical (unpaired) electrons. The van der Waals surface area contributed by atoms with E-state index in [9.17, 15) is 31.1 Å². The van der Waals surface area contributed by atoms with Crippen LogP contribution in [0, 0.1) is 0 Å². The van der Waals surface area contributed by atoms with Gasteiger partial charge in [-0.05, 0) is 48.1 Å². The van der Waals surface area contributed by atoms with Crippen molar-refractivity contribution < 1.29 is 31.1 Å². The summed E-state index contributed by atoms with van der Waals surface area (Å²) in [5.41, 5.74) is -0.725. The molecule has 33 heavy (non-hydrogen) atoms. The van der Waals surface area contributed by atoms with Gasteiger partial charge in [-0.2, -0.15) is 31.4 Å². The third kappa shape index (κ3) is 4.56. The Morgan fingerprint density at radius 2 is 1.85 bits per heavy atom. The molecule has 1 aliphatic heterocycles. The average Bonchev–Trinajstić information content (AvgIpc) is 3.40. The Balaban J connectivity index is 1.66. The molecule has 0 aliphatic carbocycles. The maximum absolute atomic E-state index is 13.2. The predicted molar refractivity (Wildman–Crippen MR) is 110 cm³/mol. The maximum atomic E-state index is 13.2. The number of amides is 1. The van der Waals surface area contributed by atoms with Crippen molar-refractivity contribution in [3.8, 4) is 5.69 Å². The van der Waals surface area contributed by atoms with Gasteiger partial charge in [0.15, 0.2) is 5.69 Å². The van der Waals surface area contributed by atoms with Gasteiger partial charge >= 0.3 is 12.4 Å². The summed E-state index contributed by atoms with van der Waals surface area (Å²) in [6.07, 6.45) is -6.41. The zero-order valence-corrected chi connectivity index (χ0v) is 17.9. The van der Waals surface area contributed by atoms with Gasteiger partial charge in [-0.25, -0.2) is 9.67 Å². The first-order chi connectivity index (χ1) is 15.5. The Labute approximate surface area is 188 Å². The lowest BCUT2D eigenvalue weighted by Crippen LogP contribution is -2.30. The van der Waals surface area contributed by atoms with Crippen LogP contribution in [0.3, 0.4) is 0 Å². The number of pyridine rings is 1. The van der Waals surface area contributed by atoms with Gasteiger partial charge in [-0.15, -0.1) is 11.8 Å². The minimum atomic E-state index is -4.59. The number of benzene rings is 1. The number of alkyl halides is 6. The fraction of sp³-hybridized carbons (Fsp3) is 0.286. The average molecular weight is 486 g/mol. The number of hydrogen-bond donors (Lipinski definition) is 0. The minimum Gasteiger partial charge on any atom is -0.306 e. The Hall–Kier alpha value is -3.02. The van der Waals surface area contributed by atoms with Crippen molar-refractivity contribution in [2.45, 2.75) is 30.6 Å². The standard InChI is InChI=1S/C21H16F6N4OS/c1-2-33-16-10-14(31-8-6-17(29-31)21(25,26)27)11-28-18(16)19(32)30-7-5-12-9-13(20(22,23)24)3-4-15(12)30/h3-4,6,8-11H,2,5,7H2,1H3. The van der Waals surface area contributed by atoms with Crippen LogP contribution in [-0.4, -0.2) is 33.0 Å². The Morgan fingerprint density at radius 1 is 1.09 bits per heavy atom. The van der Waals surface area contributed by atoms with Gasteiger partial charge in [-0.1, -0.05) is 6.92 Å². The fourth-order valence-corrected chi connectivity index (χ4v) is 4.31. The summed E-state index contributed by atoms with van der Waals surface area (Å²) in [6, 6.07) is 5.59. The normalized spacial score (nSPS) is 14.0. The summed E-state index contributed by atoms with van der Waals surface area (Å²) in [4.78, 5) is 19.2. The van der Waals surface area contributed by atoms with Crippen LogP contribution in [0.25, 0.3) is 5.69 Å². The molecule has 4 rings (SSSR count). The minimum absolute atomic E-state index is 0.0709. The fourth-order valence-electron chi connectivity index (χ4n) is 3.52. The molecular formula is C21H16F6N4OS. The summed E-state index contributed by atoms with van der Waals surface area (Å²) < 4.78 is 78.6. The highest BCUT2D eigenvalue weighted by Crippen LogP contribution is 2.37. The largest absolute Gasteiger partial charge is 0.435 e.